The van der Waals surface area contributed by atoms with Gasteiger partial charge in [0, 0.05) is 25.3 Å². The minimum absolute atomic E-state index is 0.165. The van der Waals surface area contributed by atoms with E-state index >= 15 is 0 Å². The lowest BCUT2D eigenvalue weighted by molar-refractivity contribution is -0.114. The molecule has 1 saturated heterocycles. The predicted octanol–water partition coefficient (Wildman–Crippen LogP) is 3.54. The van der Waals surface area contributed by atoms with Crippen LogP contribution in [0.25, 0.3) is 0 Å². The summed E-state index contributed by atoms with van der Waals surface area (Å²) in [4.78, 5) is 11.1. The van der Waals surface area contributed by atoms with E-state index in [-0.39, 0.29) is 23.9 Å². The molecule has 0 aliphatic carbocycles. The van der Waals surface area contributed by atoms with E-state index in [1.54, 1.807) is 12.1 Å². The summed E-state index contributed by atoms with van der Waals surface area (Å²) in [6.07, 6.45) is 4.13. The SMILES string of the molecule is CCCC1CC(Nc2cc(NC(C)=O)ccc2F)CCO1. The largest absolute Gasteiger partial charge is 0.380 e. The Morgan fingerprint density at radius 3 is 3.00 bits per heavy atom. The number of benzene rings is 1. The first-order valence-electron chi connectivity index (χ1n) is 7.53. The predicted molar refractivity (Wildman–Crippen MR) is 82.0 cm³/mol. The van der Waals surface area contributed by atoms with Gasteiger partial charge in [0.2, 0.25) is 5.91 Å². The number of nitrogens with one attached hydrogen (secondary N) is 2. The van der Waals surface area contributed by atoms with Crippen LogP contribution in [-0.2, 0) is 9.53 Å². The average Bonchev–Trinajstić information content (AvgIpc) is 2.43. The van der Waals surface area contributed by atoms with Crippen LogP contribution in [0, 0.1) is 5.82 Å². The lowest BCUT2D eigenvalue weighted by Crippen LogP contribution is -2.34. The van der Waals surface area contributed by atoms with Gasteiger partial charge in [-0.2, -0.15) is 0 Å². The van der Waals surface area contributed by atoms with Crippen LogP contribution in [0.5, 0.6) is 0 Å². The molecule has 1 fully saturated rings. The highest BCUT2D eigenvalue weighted by molar-refractivity contribution is 5.89. The molecule has 2 N–H and O–H groups in total. The third kappa shape index (κ3) is 4.70. The van der Waals surface area contributed by atoms with Crippen molar-refractivity contribution in [3.8, 4) is 0 Å². The van der Waals surface area contributed by atoms with E-state index in [2.05, 4.69) is 17.6 Å². The smallest absolute Gasteiger partial charge is 0.221 e. The first-order valence-corrected chi connectivity index (χ1v) is 7.53. The van der Waals surface area contributed by atoms with Gasteiger partial charge in [0.1, 0.15) is 5.82 Å². The Balaban J connectivity index is 2.02. The van der Waals surface area contributed by atoms with Crippen LogP contribution in [-0.4, -0.2) is 24.7 Å². The van der Waals surface area contributed by atoms with Crippen molar-refractivity contribution in [3.63, 3.8) is 0 Å². The summed E-state index contributed by atoms with van der Waals surface area (Å²) in [5.41, 5.74) is 1.03. The van der Waals surface area contributed by atoms with E-state index in [0.29, 0.717) is 18.0 Å². The van der Waals surface area contributed by atoms with Crippen molar-refractivity contribution < 1.29 is 13.9 Å². The third-order valence-electron chi connectivity index (χ3n) is 3.62. The minimum Gasteiger partial charge on any atom is -0.380 e. The summed E-state index contributed by atoms with van der Waals surface area (Å²) in [5, 5.41) is 5.91. The Labute approximate surface area is 125 Å². The summed E-state index contributed by atoms with van der Waals surface area (Å²) in [5.74, 6) is -0.468. The van der Waals surface area contributed by atoms with Gasteiger partial charge in [0.25, 0.3) is 0 Å². The number of carbonyl (C=O) groups is 1. The molecule has 1 aromatic carbocycles. The summed E-state index contributed by atoms with van der Waals surface area (Å²) in [6.45, 7) is 4.27. The second kappa shape index (κ2) is 7.41. The number of carbonyl (C=O) groups excluding carboxylic acids is 1. The van der Waals surface area contributed by atoms with Crippen LogP contribution in [0.4, 0.5) is 15.8 Å². The molecule has 0 saturated carbocycles. The lowest BCUT2D eigenvalue weighted by atomic mass is 10.00. The Hall–Kier alpha value is -1.62. The van der Waals surface area contributed by atoms with Gasteiger partial charge in [-0.05, 0) is 37.5 Å². The zero-order valence-electron chi connectivity index (χ0n) is 12.6. The zero-order valence-corrected chi connectivity index (χ0v) is 12.6. The van der Waals surface area contributed by atoms with E-state index in [1.807, 2.05) is 0 Å². The first kappa shape index (κ1) is 15.8. The van der Waals surface area contributed by atoms with E-state index in [1.165, 1.54) is 13.0 Å². The van der Waals surface area contributed by atoms with Gasteiger partial charge in [0.15, 0.2) is 0 Å². The molecular weight excluding hydrogens is 271 g/mol. The molecule has 1 heterocycles. The number of amides is 1. The molecule has 0 spiro atoms. The normalized spacial score (nSPS) is 21.9. The van der Waals surface area contributed by atoms with Gasteiger partial charge in [0.05, 0.1) is 11.8 Å². The summed E-state index contributed by atoms with van der Waals surface area (Å²) >= 11 is 0. The van der Waals surface area contributed by atoms with Crippen LogP contribution < -0.4 is 10.6 Å². The zero-order chi connectivity index (χ0) is 15.2. The van der Waals surface area contributed by atoms with E-state index in [4.69, 9.17) is 4.74 Å². The van der Waals surface area contributed by atoms with Gasteiger partial charge >= 0.3 is 0 Å². The van der Waals surface area contributed by atoms with Gasteiger partial charge in [-0.15, -0.1) is 0 Å². The van der Waals surface area contributed by atoms with Crippen molar-refractivity contribution in [3.05, 3.63) is 24.0 Å². The molecule has 2 unspecified atom stereocenters. The highest BCUT2D eigenvalue weighted by Gasteiger charge is 2.22. The maximum absolute atomic E-state index is 13.9. The molecule has 0 radical (unpaired) electrons. The van der Waals surface area contributed by atoms with E-state index in [9.17, 15) is 9.18 Å². The number of hydrogen-bond acceptors (Lipinski definition) is 3. The molecule has 1 aromatic rings. The maximum atomic E-state index is 13.9. The van der Waals surface area contributed by atoms with Gasteiger partial charge in [-0.25, -0.2) is 4.39 Å². The molecule has 1 aliphatic rings. The van der Waals surface area contributed by atoms with Crippen LogP contribution in [0.1, 0.15) is 39.5 Å². The Morgan fingerprint density at radius 1 is 1.48 bits per heavy atom. The van der Waals surface area contributed by atoms with Gasteiger partial charge in [-0.1, -0.05) is 13.3 Å². The third-order valence-corrected chi connectivity index (χ3v) is 3.62. The van der Waals surface area contributed by atoms with Crippen LogP contribution >= 0.6 is 0 Å². The molecule has 5 heteroatoms. The fraction of sp³-hybridized carbons (Fsp3) is 0.562. The topological polar surface area (TPSA) is 50.4 Å². The second-order valence-electron chi connectivity index (χ2n) is 5.52. The highest BCUT2D eigenvalue weighted by Crippen LogP contribution is 2.25. The fourth-order valence-electron chi connectivity index (χ4n) is 2.67. The molecule has 116 valence electrons. The summed E-state index contributed by atoms with van der Waals surface area (Å²) in [6, 6.07) is 4.78. The monoisotopic (exact) mass is 294 g/mol. The average molecular weight is 294 g/mol. The van der Waals surface area contributed by atoms with Crippen molar-refractivity contribution in [2.75, 3.05) is 17.2 Å². The van der Waals surface area contributed by atoms with Crippen molar-refractivity contribution >= 4 is 17.3 Å². The molecule has 4 nitrogen and oxygen atoms in total. The van der Waals surface area contributed by atoms with Gasteiger partial charge < -0.3 is 15.4 Å². The maximum Gasteiger partial charge on any atom is 0.221 e. The van der Waals surface area contributed by atoms with Crippen molar-refractivity contribution in [1.82, 2.24) is 0 Å². The molecule has 0 aromatic heterocycles. The number of ether oxygens (including phenoxy) is 1. The summed E-state index contributed by atoms with van der Waals surface area (Å²) in [7, 11) is 0. The number of halogens is 1. The molecule has 1 amide bonds. The van der Waals surface area contributed by atoms with Gasteiger partial charge in [-0.3, -0.25) is 4.79 Å². The Kier molecular flexibility index (Phi) is 5.56. The number of anilines is 2. The molecule has 1 aliphatic heterocycles. The Morgan fingerprint density at radius 2 is 2.29 bits per heavy atom. The molecule has 2 rings (SSSR count). The number of rotatable bonds is 5. The second-order valence-corrected chi connectivity index (χ2v) is 5.52. The van der Waals surface area contributed by atoms with Crippen molar-refractivity contribution in [2.24, 2.45) is 0 Å². The van der Waals surface area contributed by atoms with E-state index in [0.717, 1.165) is 25.7 Å². The fourth-order valence-corrected chi connectivity index (χ4v) is 2.67. The highest BCUT2D eigenvalue weighted by atomic mass is 19.1. The quantitative estimate of drug-likeness (QED) is 0.873. The minimum atomic E-state index is -0.303. The molecule has 0 bridgehead atoms. The standard InChI is InChI=1S/C16H23FN2O2/c1-3-4-14-9-13(7-8-21-14)19-16-10-12(18-11(2)20)5-6-15(16)17/h5-6,10,13-14,19H,3-4,7-9H2,1-2H3,(H,18,20). The van der Waals surface area contributed by atoms with Crippen molar-refractivity contribution in [2.45, 2.75) is 51.7 Å². The molecule has 21 heavy (non-hydrogen) atoms. The molecular formula is C16H23FN2O2. The van der Waals surface area contributed by atoms with Crippen LogP contribution in [0.3, 0.4) is 0 Å². The number of hydrogen-bond donors (Lipinski definition) is 2. The molecule has 2 atom stereocenters. The Bertz CT molecular complexity index is 491. The van der Waals surface area contributed by atoms with Crippen molar-refractivity contribution in [1.29, 1.82) is 0 Å². The van der Waals surface area contributed by atoms with Crippen LogP contribution in [0.2, 0.25) is 0 Å². The first-order chi connectivity index (χ1) is 10.1. The lowest BCUT2D eigenvalue weighted by Gasteiger charge is -2.30. The van der Waals surface area contributed by atoms with E-state index < -0.39 is 0 Å². The van der Waals surface area contributed by atoms with Crippen LogP contribution in [0.15, 0.2) is 18.2 Å². The summed E-state index contributed by atoms with van der Waals surface area (Å²) < 4.78 is 19.6.